The summed E-state index contributed by atoms with van der Waals surface area (Å²) in [7, 11) is 1.58. The first-order chi connectivity index (χ1) is 7.58. The van der Waals surface area contributed by atoms with E-state index >= 15 is 0 Å². The molecular formula is C9H10BrCl2NO2S. The highest BCUT2D eigenvalue weighted by molar-refractivity contribution is 9.09. The van der Waals surface area contributed by atoms with Crippen molar-refractivity contribution < 1.29 is 9.53 Å². The predicted molar refractivity (Wildman–Crippen MR) is 71.3 cm³/mol. The van der Waals surface area contributed by atoms with E-state index in [1.165, 1.54) is 11.3 Å². The number of halogens is 3. The second-order valence-corrected chi connectivity index (χ2v) is 5.95. The summed E-state index contributed by atoms with van der Waals surface area (Å²) in [6, 6.07) is 1.47. The van der Waals surface area contributed by atoms with E-state index in [9.17, 15) is 4.79 Å². The Hall–Kier alpha value is 0.190. The Balaban J connectivity index is 2.67. The molecule has 16 heavy (non-hydrogen) atoms. The Morgan fingerprint density at radius 3 is 2.81 bits per heavy atom. The van der Waals surface area contributed by atoms with E-state index in [2.05, 4.69) is 21.2 Å². The molecule has 0 aliphatic carbocycles. The number of thiophene rings is 1. The number of hydrogen-bond acceptors (Lipinski definition) is 3. The molecule has 1 aromatic rings. The molecule has 1 amide bonds. The van der Waals surface area contributed by atoms with E-state index in [-0.39, 0.29) is 11.9 Å². The van der Waals surface area contributed by atoms with Crippen LogP contribution in [0.4, 0.5) is 0 Å². The minimum atomic E-state index is -0.241. The van der Waals surface area contributed by atoms with Crippen LogP contribution in [0.25, 0.3) is 0 Å². The minimum absolute atomic E-state index is 0.0905. The summed E-state index contributed by atoms with van der Waals surface area (Å²) in [5.74, 6) is -0.241. The van der Waals surface area contributed by atoms with Gasteiger partial charge < -0.3 is 10.1 Å². The molecule has 1 heterocycles. The summed E-state index contributed by atoms with van der Waals surface area (Å²) in [4.78, 5) is 11.8. The molecule has 1 N–H and O–H groups in total. The maximum Gasteiger partial charge on any atom is 0.254 e. The van der Waals surface area contributed by atoms with E-state index in [0.29, 0.717) is 26.2 Å². The summed E-state index contributed by atoms with van der Waals surface area (Å²) < 4.78 is 5.86. The first kappa shape index (κ1) is 14.3. The standard InChI is InChI=1S/C9H10BrCl2NO2S/c1-15-4-5(3-10)13-9(14)6-2-7(11)16-8(6)12/h2,5H,3-4H2,1H3,(H,13,14). The monoisotopic (exact) mass is 345 g/mol. The second kappa shape index (κ2) is 6.81. The maximum absolute atomic E-state index is 11.8. The van der Waals surface area contributed by atoms with Gasteiger partial charge in [0, 0.05) is 12.4 Å². The van der Waals surface area contributed by atoms with E-state index in [4.69, 9.17) is 27.9 Å². The number of methoxy groups -OCH3 is 1. The highest BCUT2D eigenvalue weighted by atomic mass is 79.9. The lowest BCUT2D eigenvalue weighted by atomic mass is 10.3. The molecule has 1 atom stereocenters. The zero-order valence-corrected chi connectivity index (χ0v) is 12.3. The van der Waals surface area contributed by atoms with Gasteiger partial charge in [-0.05, 0) is 6.07 Å². The Morgan fingerprint density at radius 2 is 2.38 bits per heavy atom. The van der Waals surface area contributed by atoms with Gasteiger partial charge in [-0.25, -0.2) is 0 Å². The number of rotatable bonds is 5. The van der Waals surface area contributed by atoms with Crippen molar-refractivity contribution in [3.05, 3.63) is 20.3 Å². The average molecular weight is 347 g/mol. The molecule has 7 heteroatoms. The molecule has 0 radical (unpaired) electrons. The van der Waals surface area contributed by atoms with Crippen LogP contribution in [0.5, 0.6) is 0 Å². The van der Waals surface area contributed by atoms with E-state index in [1.807, 2.05) is 0 Å². The summed E-state index contributed by atoms with van der Waals surface area (Å²) in [5, 5.41) is 3.40. The van der Waals surface area contributed by atoms with Crippen LogP contribution in [-0.4, -0.2) is 31.0 Å². The molecule has 0 aliphatic rings. The molecule has 1 aromatic heterocycles. The van der Waals surface area contributed by atoms with Gasteiger partial charge in [0.05, 0.1) is 22.5 Å². The van der Waals surface area contributed by atoms with Crippen LogP contribution >= 0.6 is 50.5 Å². The van der Waals surface area contributed by atoms with Crippen LogP contribution in [0.15, 0.2) is 6.07 Å². The third kappa shape index (κ3) is 3.89. The van der Waals surface area contributed by atoms with Crippen molar-refractivity contribution in [3.63, 3.8) is 0 Å². The number of carbonyl (C=O) groups excluding carboxylic acids is 1. The highest BCUT2D eigenvalue weighted by Gasteiger charge is 2.17. The van der Waals surface area contributed by atoms with Crippen LogP contribution in [0.1, 0.15) is 10.4 Å². The van der Waals surface area contributed by atoms with Crippen molar-refractivity contribution in [3.8, 4) is 0 Å². The molecule has 0 fully saturated rings. The van der Waals surface area contributed by atoms with Crippen LogP contribution in [0, 0.1) is 0 Å². The Morgan fingerprint density at radius 1 is 1.69 bits per heavy atom. The number of ether oxygens (including phenoxy) is 1. The summed E-state index contributed by atoms with van der Waals surface area (Å²) in [6.45, 7) is 0.437. The van der Waals surface area contributed by atoms with Gasteiger partial charge >= 0.3 is 0 Å². The van der Waals surface area contributed by atoms with Crippen molar-refractivity contribution in [1.29, 1.82) is 0 Å². The summed E-state index contributed by atoms with van der Waals surface area (Å²) in [5.41, 5.74) is 0.402. The fraction of sp³-hybridized carbons (Fsp3) is 0.444. The lowest BCUT2D eigenvalue weighted by Crippen LogP contribution is -2.39. The molecule has 0 bridgehead atoms. The third-order valence-corrected chi connectivity index (χ3v) is 4.06. The Kier molecular flexibility index (Phi) is 6.07. The first-order valence-corrected chi connectivity index (χ1v) is 7.08. The largest absolute Gasteiger partial charge is 0.383 e. The van der Waals surface area contributed by atoms with Crippen LogP contribution in [0.2, 0.25) is 8.67 Å². The number of nitrogens with one attached hydrogen (secondary N) is 1. The molecule has 0 saturated heterocycles. The van der Waals surface area contributed by atoms with Gasteiger partial charge in [0.2, 0.25) is 0 Å². The third-order valence-electron chi connectivity index (χ3n) is 1.79. The zero-order valence-electron chi connectivity index (χ0n) is 8.43. The molecule has 0 saturated carbocycles. The Bertz CT molecular complexity index is 372. The topological polar surface area (TPSA) is 38.3 Å². The lowest BCUT2D eigenvalue weighted by molar-refractivity contribution is 0.0908. The van der Waals surface area contributed by atoms with Gasteiger partial charge in [0.1, 0.15) is 4.34 Å². The van der Waals surface area contributed by atoms with Gasteiger partial charge in [0.25, 0.3) is 5.91 Å². The van der Waals surface area contributed by atoms with Gasteiger partial charge in [-0.3, -0.25) is 4.79 Å². The van der Waals surface area contributed by atoms with E-state index < -0.39 is 0 Å². The van der Waals surface area contributed by atoms with Crippen molar-refractivity contribution in [2.75, 3.05) is 19.0 Å². The molecule has 1 unspecified atom stereocenters. The smallest absolute Gasteiger partial charge is 0.254 e. The fourth-order valence-electron chi connectivity index (χ4n) is 1.08. The second-order valence-electron chi connectivity index (χ2n) is 3.02. The molecule has 3 nitrogen and oxygen atoms in total. The molecule has 90 valence electrons. The zero-order chi connectivity index (χ0) is 12.1. The molecular weight excluding hydrogens is 337 g/mol. The van der Waals surface area contributed by atoms with Gasteiger partial charge in [-0.1, -0.05) is 39.1 Å². The van der Waals surface area contributed by atoms with Crippen LogP contribution in [-0.2, 0) is 4.74 Å². The number of hydrogen-bond donors (Lipinski definition) is 1. The number of carbonyl (C=O) groups is 1. The summed E-state index contributed by atoms with van der Waals surface area (Å²) >= 11 is 16.1. The number of amides is 1. The number of alkyl halides is 1. The average Bonchev–Trinajstić information content (AvgIpc) is 2.57. The van der Waals surface area contributed by atoms with Crippen molar-refractivity contribution in [1.82, 2.24) is 5.32 Å². The van der Waals surface area contributed by atoms with Crippen LogP contribution < -0.4 is 5.32 Å². The minimum Gasteiger partial charge on any atom is -0.383 e. The van der Waals surface area contributed by atoms with Gasteiger partial charge in [-0.2, -0.15) is 0 Å². The Labute approximate surface area is 116 Å². The van der Waals surface area contributed by atoms with Crippen molar-refractivity contribution in [2.45, 2.75) is 6.04 Å². The predicted octanol–water partition coefficient (Wildman–Crippen LogP) is 3.19. The van der Waals surface area contributed by atoms with Crippen LogP contribution in [0.3, 0.4) is 0 Å². The molecule has 1 rings (SSSR count). The fourth-order valence-corrected chi connectivity index (χ4v) is 2.89. The first-order valence-electron chi connectivity index (χ1n) is 4.39. The maximum atomic E-state index is 11.8. The summed E-state index contributed by atoms with van der Waals surface area (Å²) in [6.07, 6.45) is 0. The highest BCUT2D eigenvalue weighted by Crippen LogP contribution is 2.31. The van der Waals surface area contributed by atoms with Gasteiger partial charge in [0.15, 0.2) is 0 Å². The normalized spacial score (nSPS) is 12.5. The van der Waals surface area contributed by atoms with Crippen molar-refractivity contribution in [2.24, 2.45) is 0 Å². The molecule has 0 aromatic carbocycles. The van der Waals surface area contributed by atoms with E-state index in [1.54, 1.807) is 13.2 Å². The molecule has 0 spiro atoms. The quantitative estimate of drug-likeness (QED) is 0.831. The molecule has 0 aliphatic heterocycles. The van der Waals surface area contributed by atoms with Gasteiger partial charge in [-0.15, -0.1) is 11.3 Å². The van der Waals surface area contributed by atoms with Crippen molar-refractivity contribution >= 4 is 56.4 Å². The SMILES string of the molecule is COCC(CBr)NC(=O)c1cc(Cl)sc1Cl. The van der Waals surface area contributed by atoms with E-state index in [0.717, 1.165) is 0 Å². The lowest BCUT2D eigenvalue weighted by Gasteiger charge is -2.14.